The van der Waals surface area contributed by atoms with Gasteiger partial charge in [0.05, 0.1) is 12.1 Å². The van der Waals surface area contributed by atoms with E-state index in [-0.39, 0.29) is 5.91 Å². The van der Waals surface area contributed by atoms with E-state index in [2.05, 4.69) is 15.5 Å². The molecule has 0 atom stereocenters. The van der Waals surface area contributed by atoms with Crippen LogP contribution in [0.15, 0.2) is 90.0 Å². The first kappa shape index (κ1) is 17.7. The number of hydrogen-bond acceptors (Lipinski definition) is 2. The van der Waals surface area contributed by atoms with Crippen molar-refractivity contribution in [2.24, 2.45) is 5.10 Å². The molecule has 0 aliphatic heterocycles. The molecule has 0 fully saturated rings. The lowest BCUT2D eigenvalue weighted by atomic mass is 9.91. The molecule has 28 heavy (non-hydrogen) atoms. The zero-order valence-electron chi connectivity index (χ0n) is 15.6. The predicted molar refractivity (Wildman–Crippen MR) is 113 cm³/mol. The number of amides is 1. The van der Waals surface area contributed by atoms with E-state index in [1.165, 1.54) is 0 Å². The van der Waals surface area contributed by atoms with E-state index in [4.69, 9.17) is 0 Å². The molecule has 0 spiro atoms. The van der Waals surface area contributed by atoms with Crippen molar-refractivity contribution in [3.05, 3.63) is 107 Å². The maximum absolute atomic E-state index is 13.0. The Balaban J connectivity index is 1.60. The van der Waals surface area contributed by atoms with Gasteiger partial charge in [0.25, 0.3) is 5.91 Å². The van der Waals surface area contributed by atoms with Gasteiger partial charge in [0.15, 0.2) is 0 Å². The summed E-state index contributed by atoms with van der Waals surface area (Å²) in [6.45, 7) is 2.00. The van der Waals surface area contributed by atoms with Crippen molar-refractivity contribution in [3.8, 4) is 0 Å². The van der Waals surface area contributed by atoms with E-state index in [9.17, 15) is 4.79 Å². The lowest BCUT2D eigenvalue weighted by Gasteiger charge is -2.16. The second kappa shape index (κ2) is 7.92. The molecule has 0 unspecified atom stereocenters. The highest BCUT2D eigenvalue weighted by atomic mass is 16.2. The number of aromatic nitrogens is 1. The highest BCUT2D eigenvalue weighted by Gasteiger charge is 2.22. The Hall–Kier alpha value is -3.66. The number of hydrogen-bond donors (Lipinski definition) is 2. The van der Waals surface area contributed by atoms with Crippen molar-refractivity contribution in [1.82, 2.24) is 10.4 Å². The van der Waals surface area contributed by atoms with E-state index >= 15 is 0 Å². The third kappa shape index (κ3) is 3.58. The number of H-pyrrole nitrogens is 1. The van der Waals surface area contributed by atoms with Crippen LogP contribution in [0.5, 0.6) is 0 Å². The van der Waals surface area contributed by atoms with Crippen molar-refractivity contribution in [2.75, 3.05) is 0 Å². The van der Waals surface area contributed by atoms with Gasteiger partial charge in [-0.15, -0.1) is 0 Å². The van der Waals surface area contributed by atoms with Crippen molar-refractivity contribution >= 4 is 23.0 Å². The van der Waals surface area contributed by atoms with Gasteiger partial charge < -0.3 is 4.98 Å². The summed E-state index contributed by atoms with van der Waals surface area (Å²) in [7, 11) is 0. The van der Waals surface area contributed by atoms with Crippen LogP contribution in [0.4, 0.5) is 0 Å². The molecule has 138 valence electrons. The summed E-state index contributed by atoms with van der Waals surface area (Å²) in [6.07, 6.45) is 1.71. The fourth-order valence-electron chi connectivity index (χ4n) is 3.48. The largest absolute Gasteiger partial charge is 0.358 e. The molecule has 3 aromatic carbocycles. The summed E-state index contributed by atoms with van der Waals surface area (Å²) in [4.78, 5) is 16.3. The Morgan fingerprint density at radius 1 is 0.893 bits per heavy atom. The van der Waals surface area contributed by atoms with Gasteiger partial charge in [-0.25, -0.2) is 5.43 Å². The SMILES string of the molecule is Cc1[nH]c2ccccc2c1/C=N\NC(=O)C(c1ccccc1)c1ccccc1. The Morgan fingerprint density at radius 2 is 1.46 bits per heavy atom. The number of benzene rings is 3. The molecule has 4 heteroatoms. The lowest BCUT2D eigenvalue weighted by molar-refractivity contribution is -0.121. The summed E-state index contributed by atoms with van der Waals surface area (Å²) in [5.74, 6) is -0.574. The number of nitrogens with zero attached hydrogens (tertiary/aromatic N) is 1. The molecule has 4 rings (SSSR count). The van der Waals surface area contributed by atoms with Gasteiger partial charge in [-0.05, 0) is 24.1 Å². The molecular weight excluding hydrogens is 346 g/mol. The van der Waals surface area contributed by atoms with Crippen LogP contribution in [0.3, 0.4) is 0 Å². The number of hydrazone groups is 1. The minimum atomic E-state index is -0.413. The number of fused-ring (bicyclic) bond motifs is 1. The number of aryl methyl sites for hydroxylation is 1. The maximum Gasteiger partial charge on any atom is 0.252 e. The Morgan fingerprint density at radius 3 is 2.11 bits per heavy atom. The summed E-state index contributed by atoms with van der Waals surface area (Å²) < 4.78 is 0. The second-order valence-corrected chi connectivity index (χ2v) is 6.70. The van der Waals surface area contributed by atoms with Crippen molar-refractivity contribution in [3.63, 3.8) is 0 Å². The van der Waals surface area contributed by atoms with E-state index < -0.39 is 5.92 Å². The normalized spacial score (nSPS) is 11.4. The van der Waals surface area contributed by atoms with Crippen molar-refractivity contribution in [1.29, 1.82) is 0 Å². The Kier molecular flexibility index (Phi) is 5.02. The fourth-order valence-corrected chi connectivity index (χ4v) is 3.48. The number of rotatable bonds is 5. The molecule has 0 bridgehead atoms. The standard InChI is InChI=1S/C24H21N3O/c1-17-21(20-14-8-9-15-22(20)26-17)16-25-27-24(28)23(18-10-4-2-5-11-18)19-12-6-3-7-13-19/h2-16,23,26H,1H3,(H,27,28)/b25-16-. The highest BCUT2D eigenvalue weighted by molar-refractivity contribution is 6.01. The number of carbonyl (C=O) groups is 1. The summed E-state index contributed by atoms with van der Waals surface area (Å²) in [5.41, 5.74) is 7.65. The molecule has 0 saturated carbocycles. The third-order valence-electron chi connectivity index (χ3n) is 4.84. The zero-order chi connectivity index (χ0) is 19.3. The Labute approximate surface area is 163 Å². The zero-order valence-corrected chi connectivity index (χ0v) is 15.6. The van der Waals surface area contributed by atoms with Crippen LogP contribution < -0.4 is 5.43 Å². The predicted octanol–water partition coefficient (Wildman–Crippen LogP) is 4.76. The van der Waals surface area contributed by atoms with E-state index in [1.807, 2.05) is 91.9 Å². The van der Waals surface area contributed by atoms with Crippen molar-refractivity contribution < 1.29 is 4.79 Å². The molecule has 0 radical (unpaired) electrons. The van der Waals surface area contributed by atoms with Gasteiger partial charge >= 0.3 is 0 Å². The molecule has 1 amide bonds. The van der Waals surface area contributed by atoms with Crippen LogP contribution in [0, 0.1) is 6.92 Å². The quantitative estimate of drug-likeness (QED) is 0.388. The first-order valence-electron chi connectivity index (χ1n) is 9.24. The summed E-state index contributed by atoms with van der Waals surface area (Å²) in [6, 6.07) is 27.6. The smallest absolute Gasteiger partial charge is 0.252 e. The first-order valence-corrected chi connectivity index (χ1v) is 9.24. The molecule has 2 N–H and O–H groups in total. The van der Waals surface area contributed by atoms with Gasteiger partial charge in [0.2, 0.25) is 0 Å². The Bertz CT molecular complexity index is 1080. The van der Waals surface area contributed by atoms with Crippen LogP contribution in [0.25, 0.3) is 10.9 Å². The first-order chi connectivity index (χ1) is 13.7. The van der Waals surface area contributed by atoms with E-state index in [0.717, 1.165) is 33.3 Å². The van der Waals surface area contributed by atoms with Gasteiger partial charge in [-0.1, -0.05) is 78.9 Å². The number of nitrogens with one attached hydrogen (secondary N) is 2. The molecule has 0 aliphatic rings. The minimum absolute atomic E-state index is 0.161. The average molecular weight is 367 g/mol. The molecule has 1 heterocycles. The topological polar surface area (TPSA) is 57.2 Å². The van der Waals surface area contributed by atoms with Crippen LogP contribution in [-0.4, -0.2) is 17.1 Å². The molecule has 0 aliphatic carbocycles. The number of aromatic amines is 1. The van der Waals surface area contributed by atoms with Gasteiger partial charge in [-0.2, -0.15) is 5.10 Å². The van der Waals surface area contributed by atoms with Crippen LogP contribution in [-0.2, 0) is 4.79 Å². The third-order valence-corrected chi connectivity index (χ3v) is 4.84. The molecule has 4 nitrogen and oxygen atoms in total. The van der Waals surface area contributed by atoms with E-state index in [0.29, 0.717) is 0 Å². The summed E-state index contributed by atoms with van der Waals surface area (Å²) >= 11 is 0. The van der Waals surface area contributed by atoms with Gasteiger partial charge in [-0.3, -0.25) is 4.79 Å². The monoisotopic (exact) mass is 367 g/mol. The second-order valence-electron chi connectivity index (χ2n) is 6.70. The van der Waals surface area contributed by atoms with Crippen molar-refractivity contribution in [2.45, 2.75) is 12.8 Å². The van der Waals surface area contributed by atoms with E-state index in [1.54, 1.807) is 6.21 Å². The molecular formula is C24H21N3O. The average Bonchev–Trinajstić information content (AvgIpc) is 3.05. The minimum Gasteiger partial charge on any atom is -0.358 e. The number of para-hydroxylation sites is 1. The molecule has 4 aromatic rings. The molecule has 0 saturated heterocycles. The van der Waals surface area contributed by atoms with Gasteiger partial charge in [0, 0.05) is 22.2 Å². The molecule has 1 aromatic heterocycles. The van der Waals surface area contributed by atoms with Crippen LogP contribution in [0.2, 0.25) is 0 Å². The van der Waals surface area contributed by atoms with Gasteiger partial charge in [0.1, 0.15) is 0 Å². The highest BCUT2D eigenvalue weighted by Crippen LogP contribution is 2.25. The number of carbonyl (C=O) groups excluding carboxylic acids is 1. The fraction of sp³-hybridized carbons (Fsp3) is 0.0833. The summed E-state index contributed by atoms with van der Waals surface area (Å²) in [5, 5.41) is 5.34. The van der Waals surface area contributed by atoms with Crippen LogP contribution in [0.1, 0.15) is 28.3 Å². The van der Waals surface area contributed by atoms with Crippen LogP contribution >= 0.6 is 0 Å². The lowest BCUT2D eigenvalue weighted by Crippen LogP contribution is -2.26. The maximum atomic E-state index is 13.0.